The molecule has 7 heterocycles. The largest absolute Gasteiger partial charge is 0.486 e. The summed E-state index contributed by atoms with van der Waals surface area (Å²) in [6, 6.07) is 2.23. The van der Waals surface area contributed by atoms with E-state index in [2.05, 4.69) is 16.7 Å². The average Bonchev–Trinajstić information content (AvgIpc) is 3.70. The van der Waals surface area contributed by atoms with Crippen LogP contribution >= 0.6 is 11.8 Å². The number of hydrogen-bond acceptors (Lipinski definition) is 11. The van der Waals surface area contributed by atoms with E-state index in [4.69, 9.17) is 33.9 Å². The van der Waals surface area contributed by atoms with Gasteiger partial charge in [-0.3, -0.25) is 0 Å². The van der Waals surface area contributed by atoms with E-state index in [0.717, 1.165) is 92.3 Å². The molecule has 0 amide bonds. The second-order valence-electron chi connectivity index (χ2n) is 11.6. The number of nitrogens with zero attached hydrogens (tertiary/aromatic N) is 5. The first-order chi connectivity index (χ1) is 19.1. The summed E-state index contributed by atoms with van der Waals surface area (Å²) >= 11 is 1.50. The van der Waals surface area contributed by atoms with Crippen LogP contribution in [0.5, 0.6) is 5.75 Å². The minimum atomic E-state index is -0.146. The number of piperidine rings is 1. The summed E-state index contributed by atoms with van der Waals surface area (Å²) < 4.78 is 23.9. The smallest absolute Gasteiger partial charge is 0.175 e. The van der Waals surface area contributed by atoms with Crippen LogP contribution in [0.25, 0.3) is 0 Å². The Morgan fingerprint density at radius 3 is 2.85 bits per heavy atom. The summed E-state index contributed by atoms with van der Waals surface area (Å²) in [4.78, 5) is 19.8. The zero-order chi connectivity index (χ0) is 26.4. The summed E-state index contributed by atoms with van der Waals surface area (Å²) in [7, 11) is 0. The Bertz CT molecular complexity index is 1190. The molecule has 1 N–H and O–H groups in total. The average molecular weight is 556 g/mol. The van der Waals surface area contributed by atoms with Crippen LogP contribution in [0.1, 0.15) is 44.7 Å². The van der Waals surface area contributed by atoms with Crippen molar-refractivity contribution in [3.8, 4) is 5.75 Å². The topological polar surface area (TPSA) is 102 Å². The molecule has 0 radical (unpaired) electrons. The molecule has 39 heavy (non-hydrogen) atoms. The number of pyridine rings is 1. The van der Waals surface area contributed by atoms with Crippen LogP contribution in [0.3, 0.4) is 0 Å². The van der Waals surface area contributed by atoms with E-state index in [1.807, 2.05) is 18.5 Å². The van der Waals surface area contributed by atoms with Crippen LogP contribution in [0.4, 0.5) is 11.6 Å². The summed E-state index contributed by atoms with van der Waals surface area (Å²) in [5.41, 5.74) is 0.913. The highest BCUT2D eigenvalue weighted by Crippen LogP contribution is 2.45. The van der Waals surface area contributed by atoms with Crippen LogP contribution in [0.2, 0.25) is 0 Å². The third-order valence-corrected chi connectivity index (χ3v) is 9.82. The predicted octanol–water partition coefficient (Wildman–Crippen LogP) is 3.06. The molecule has 0 bridgehead atoms. The highest BCUT2D eigenvalue weighted by atomic mass is 32.2. The van der Waals surface area contributed by atoms with E-state index < -0.39 is 0 Å². The van der Waals surface area contributed by atoms with E-state index in [0.29, 0.717) is 30.4 Å². The van der Waals surface area contributed by atoms with Gasteiger partial charge in [-0.25, -0.2) is 15.0 Å². The fourth-order valence-corrected chi connectivity index (χ4v) is 7.68. The first kappa shape index (κ1) is 25.8. The standard InChI is InChI=1S/C28H37N5O5S/c1-18-11-28(17-37-18)4-7-32(8-5-28)26-22(14-34)31-24(12-30-26)39-23-2-6-29-27-25(23)36-15-19-10-21(13-33(19)27)38-20-3-9-35-16-20/h2,6,12,18-21,34H,3-5,7-11,13-17H2,1H3/t18-,19-,20+,21-/m0/s1. The lowest BCUT2D eigenvalue weighted by Gasteiger charge is -2.39. The predicted molar refractivity (Wildman–Crippen MR) is 146 cm³/mol. The minimum Gasteiger partial charge on any atom is -0.486 e. The van der Waals surface area contributed by atoms with Crippen molar-refractivity contribution in [2.45, 2.75) is 79.9 Å². The van der Waals surface area contributed by atoms with Gasteiger partial charge in [-0.2, -0.15) is 0 Å². The molecule has 1 spiro atoms. The van der Waals surface area contributed by atoms with Gasteiger partial charge >= 0.3 is 0 Å². The Balaban J connectivity index is 1.05. The first-order valence-electron chi connectivity index (χ1n) is 14.2. The molecular weight excluding hydrogens is 518 g/mol. The maximum absolute atomic E-state index is 10.2. The second kappa shape index (κ2) is 10.7. The molecule has 2 aromatic rings. The van der Waals surface area contributed by atoms with Crippen LogP contribution in [0.15, 0.2) is 28.4 Å². The van der Waals surface area contributed by atoms with Gasteiger partial charge in [0.15, 0.2) is 17.4 Å². The fraction of sp³-hybridized carbons (Fsp3) is 0.679. The normalized spacial score (nSPS) is 29.5. The van der Waals surface area contributed by atoms with Crippen molar-refractivity contribution >= 4 is 23.4 Å². The van der Waals surface area contributed by atoms with Crippen molar-refractivity contribution in [3.63, 3.8) is 0 Å². The number of aliphatic hydroxyl groups excluding tert-OH is 1. The molecule has 210 valence electrons. The van der Waals surface area contributed by atoms with E-state index in [1.165, 1.54) is 11.8 Å². The van der Waals surface area contributed by atoms with Gasteiger partial charge in [-0.15, -0.1) is 0 Å². The van der Waals surface area contributed by atoms with Gasteiger partial charge < -0.3 is 33.9 Å². The van der Waals surface area contributed by atoms with Crippen molar-refractivity contribution in [1.29, 1.82) is 0 Å². The van der Waals surface area contributed by atoms with Gasteiger partial charge in [0.05, 0.1) is 55.3 Å². The molecular formula is C28H37N5O5S. The highest BCUT2D eigenvalue weighted by molar-refractivity contribution is 7.99. The van der Waals surface area contributed by atoms with E-state index in [9.17, 15) is 5.11 Å². The van der Waals surface area contributed by atoms with Crippen LogP contribution < -0.4 is 14.5 Å². The molecule has 2 aromatic heterocycles. The number of fused-ring (bicyclic) bond motifs is 3. The van der Waals surface area contributed by atoms with Crippen molar-refractivity contribution in [3.05, 3.63) is 24.2 Å². The lowest BCUT2D eigenvalue weighted by atomic mass is 9.77. The van der Waals surface area contributed by atoms with Gasteiger partial charge in [0.2, 0.25) is 0 Å². The summed E-state index contributed by atoms with van der Waals surface area (Å²) in [6.45, 7) is 7.59. The maximum Gasteiger partial charge on any atom is 0.175 e. The lowest BCUT2D eigenvalue weighted by Crippen LogP contribution is -2.41. The fourth-order valence-electron chi connectivity index (χ4n) is 6.83. The molecule has 4 saturated heterocycles. The molecule has 4 fully saturated rings. The van der Waals surface area contributed by atoms with Crippen molar-refractivity contribution < 1.29 is 24.1 Å². The van der Waals surface area contributed by atoms with Crippen LogP contribution in [0, 0.1) is 5.41 Å². The van der Waals surface area contributed by atoms with Crippen molar-refractivity contribution in [2.75, 3.05) is 55.9 Å². The van der Waals surface area contributed by atoms with E-state index in [1.54, 1.807) is 0 Å². The number of ether oxygens (including phenoxy) is 4. The molecule has 0 aromatic carbocycles. The molecule has 5 aliphatic heterocycles. The molecule has 0 aliphatic carbocycles. The minimum absolute atomic E-state index is 0.146. The van der Waals surface area contributed by atoms with Gasteiger partial charge in [-0.05, 0) is 50.5 Å². The SMILES string of the molecule is C[C@H]1CC2(CCN(c3ncc(Sc4ccnc5c4OC[C@@H]4C[C@H](O[C@@H]6CCOC6)CN54)nc3CO)CC2)CO1. The molecule has 4 atom stereocenters. The van der Waals surface area contributed by atoms with Crippen LogP contribution in [-0.4, -0.2) is 90.5 Å². The van der Waals surface area contributed by atoms with Gasteiger partial charge in [0.25, 0.3) is 0 Å². The molecule has 0 saturated carbocycles. The Morgan fingerprint density at radius 1 is 1.18 bits per heavy atom. The Hall–Kier alpha value is -2.18. The quantitative estimate of drug-likeness (QED) is 0.569. The Kier molecular flexibility index (Phi) is 7.04. The molecule has 0 unspecified atom stereocenters. The number of rotatable bonds is 6. The van der Waals surface area contributed by atoms with Gasteiger partial charge in [0, 0.05) is 32.4 Å². The Morgan fingerprint density at radius 2 is 2.08 bits per heavy atom. The third-order valence-electron chi connectivity index (χ3n) is 8.87. The molecule has 10 nitrogen and oxygen atoms in total. The highest BCUT2D eigenvalue weighted by Gasteiger charge is 2.42. The van der Waals surface area contributed by atoms with Gasteiger partial charge in [-0.1, -0.05) is 11.8 Å². The summed E-state index contributed by atoms with van der Waals surface area (Å²) in [5, 5.41) is 10.9. The van der Waals surface area contributed by atoms with Crippen molar-refractivity contribution in [2.24, 2.45) is 5.41 Å². The lowest BCUT2D eigenvalue weighted by molar-refractivity contribution is -0.00632. The summed E-state index contributed by atoms with van der Waals surface area (Å²) in [6.07, 6.45) is 9.55. The van der Waals surface area contributed by atoms with E-state index >= 15 is 0 Å². The molecule has 5 aliphatic rings. The van der Waals surface area contributed by atoms with Crippen molar-refractivity contribution in [1.82, 2.24) is 15.0 Å². The number of aromatic nitrogens is 3. The number of aliphatic hydroxyl groups is 1. The van der Waals surface area contributed by atoms with Crippen LogP contribution in [-0.2, 0) is 20.8 Å². The monoisotopic (exact) mass is 555 g/mol. The third kappa shape index (κ3) is 5.08. The number of anilines is 2. The maximum atomic E-state index is 10.2. The zero-order valence-corrected chi connectivity index (χ0v) is 23.3. The number of hydrogen-bond donors (Lipinski definition) is 1. The molecule has 7 rings (SSSR count). The Labute approximate surface area is 233 Å². The van der Waals surface area contributed by atoms with Gasteiger partial charge in [0.1, 0.15) is 17.3 Å². The van der Waals surface area contributed by atoms with E-state index in [-0.39, 0.29) is 24.9 Å². The zero-order valence-electron chi connectivity index (χ0n) is 22.5. The second-order valence-corrected chi connectivity index (χ2v) is 12.7. The first-order valence-corrected chi connectivity index (χ1v) is 15.0. The summed E-state index contributed by atoms with van der Waals surface area (Å²) in [5.74, 6) is 2.44. The molecule has 11 heteroatoms.